The van der Waals surface area contributed by atoms with Crippen molar-refractivity contribution >= 4 is 11.8 Å². The van der Waals surface area contributed by atoms with E-state index in [0.717, 1.165) is 0 Å². The average Bonchev–Trinajstić information content (AvgIpc) is 2.70. The molecule has 1 nitrogen and oxygen atoms in total. The van der Waals surface area contributed by atoms with Crippen LogP contribution in [0.25, 0.3) is 0 Å². The fourth-order valence-corrected chi connectivity index (χ4v) is 2.56. The van der Waals surface area contributed by atoms with Crippen molar-refractivity contribution in [2.45, 2.75) is 23.8 Å². The molecule has 1 heterocycles. The van der Waals surface area contributed by atoms with Crippen LogP contribution in [0.4, 0.5) is 0 Å². The molecule has 1 saturated heterocycles. The maximum absolute atomic E-state index is 3.53. The van der Waals surface area contributed by atoms with Gasteiger partial charge >= 0.3 is 0 Å². The molecule has 2 heteroatoms. The summed E-state index contributed by atoms with van der Waals surface area (Å²) in [4.78, 5) is 1.42. The van der Waals surface area contributed by atoms with Crippen molar-refractivity contribution in [3.05, 3.63) is 29.8 Å². The van der Waals surface area contributed by atoms with Crippen LogP contribution in [0.5, 0.6) is 0 Å². The number of hydrogen-bond donors (Lipinski definition) is 1. The summed E-state index contributed by atoms with van der Waals surface area (Å²) < 4.78 is 0. The Labute approximate surface area is 83.9 Å². The number of thioether (sulfide) groups is 1. The standard InChI is InChI=1S/C11H15NS/c1-13-11-7-3-2-5-9(11)10-6-4-8-12-10/h2-3,5,7,10,12H,4,6,8H2,1H3/t10-/m0/s1. The van der Waals surface area contributed by atoms with Gasteiger partial charge in [-0.3, -0.25) is 0 Å². The molecule has 0 aromatic heterocycles. The topological polar surface area (TPSA) is 12.0 Å². The summed E-state index contributed by atoms with van der Waals surface area (Å²) in [5.74, 6) is 0. The first-order valence-corrected chi connectivity index (χ1v) is 6.00. The molecule has 1 N–H and O–H groups in total. The highest BCUT2D eigenvalue weighted by Crippen LogP contribution is 2.30. The molecule has 1 aromatic rings. The fraction of sp³-hybridized carbons (Fsp3) is 0.455. The highest BCUT2D eigenvalue weighted by atomic mass is 32.2. The van der Waals surface area contributed by atoms with Crippen LogP contribution in [0.15, 0.2) is 29.2 Å². The Balaban J connectivity index is 2.26. The molecule has 0 aliphatic carbocycles. The summed E-state index contributed by atoms with van der Waals surface area (Å²) in [5.41, 5.74) is 1.48. The van der Waals surface area contributed by atoms with Crippen LogP contribution in [-0.4, -0.2) is 12.8 Å². The molecule has 1 fully saturated rings. The molecule has 1 aromatic carbocycles. The molecule has 1 aliphatic rings. The summed E-state index contributed by atoms with van der Waals surface area (Å²) >= 11 is 1.84. The van der Waals surface area contributed by atoms with Crippen molar-refractivity contribution in [2.24, 2.45) is 0 Å². The number of hydrogen-bond acceptors (Lipinski definition) is 2. The normalized spacial score (nSPS) is 22.1. The molecule has 1 aliphatic heterocycles. The smallest absolute Gasteiger partial charge is 0.0331 e. The van der Waals surface area contributed by atoms with Gasteiger partial charge in [0.05, 0.1) is 0 Å². The molecule has 0 unspecified atom stereocenters. The molecule has 0 bridgehead atoms. The minimum atomic E-state index is 0.601. The Bertz CT molecular complexity index is 279. The first-order chi connectivity index (χ1) is 6.42. The van der Waals surface area contributed by atoms with Crippen LogP contribution in [0.2, 0.25) is 0 Å². The third-order valence-electron chi connectivity index (χ3n) is 2.57. The van der Waals surface area contributed by atoms with E-state index in [9.17, 15) is 0 Å². The predicted octanol–water partition coefficient (Wildman–Crippen LogP) is 2.83. The van der Waals surface area contributed by atoms with Gasteiger partial charge in [0.15, 0.2) is 0 Å². The second-order valence-corrected chi connectivity index (χ2v) is 4.24. The van der Waals surface area contributed by atoms with Gasteiger partial charge in [-0.1, -0.05) is 18.2 Å². The van der Waals surface area contributed by atoms with E-state index in [4.69, 9.17) is 0 Å². The molecule has 70 valence electrons. The van der Waals surface area contributed by atoms with E-state index in [-0.39, 0.29) is 0 Å². The number of nitrogens with one attached hydrogen (secondary N) is 1. The Morgan fingerprint density at radius 1 is 1.38 bits per heavy atom. The minimum absolute atomic E-state index is 0.601. The molecule has 2 rings (SSSR count). The molecule has 0 saturated carbocycles. The molecule has 0 spiro atoms. The van der Waals surface area contributed by atoms with E-state index >= 15 is 0 Å². The van der Waals surface area contributed by atoms with E-state index in [1.54, 1.807) is 0 Å². The third-order valence-corrected chi connectivity index (χ3v) is 3.39. The van der Waals surface area contributed by atoms with Crippen molar-refractivity contribution in [3.63, 3.8) is 0 Å². The first kappa shape index (κ1) is 9.10. The van der Waals surface area contributed by atoms with Crippen LogP contribution in [-0.2, 0) is 0 Å². The lowest BCUT2D eigenvalue weighted by Gasteiger charge is -2.13. The lowest BCUT2D eigenvalue weighted by molar-refractivity contribution is 0.636. The van der Waals surface area contributed by atoms with Gasteiger partial charge in [0.2, 0.25) is 0 Å². The number of benzene rings is 1. The molecule has 0 amide bonds. The summed E-state index contributed by atoms with van der Waals surface area (Å²) in [6.45, 7) is 1.17. The van der Waals surface area contributed by atoms with Crippen LogP contribution in [0.3, 0.4) is 0 Å². The second-order valence-electron chi connectivity index (χ2n) is 3.39. The van der Waals surface area contributed by atoms with Gasteiger partial charge in [-0.05, 0) is 37.3 Å². The van der Waals surface area contributed by atoms with E-state index in [0.29, 0.717) is 6.04 Å². The second kappa shape index (κ2) is 4.16. The van der Waals surface area contributed by atoms with E-state index in [1.807, 2.05) is 11.8 Å². The minimum Gasteiger partial charge on any atom is -0.310 e. The van der Waals surface area contributed by atoms with Crippen molar-refractivity contribution in [1.29, 1.82) is 0 Å². The lowest BCUT2D eigenvalue weighted by Crippen LogP contribution is -2.13. The van der Waals surface area contributed by atoms with Crippen molar-refractivity contribution in [3.8, 4) is 0 Å². The first-order valence-electron chi connectivity index (χ1n) is 4.78. The van der Waals surface area contributed by atoms with Gasteiger partial charge in [0.1, 0.15) is 0 Å². The Morgan fingerprint density at radius 3 is 2.92 bits per heavy atom. The monoisotopic (exact) mass is 193 g/mol. The van der Waals surface area contributed by atoms with Crippen molar-refractivity contribution < 1.29 is 0 Å². The highest BCUT2D eigenvalue weighted by molar-refractivity contribution is 7.98. The maximum Gasteiger partial charge on any atom is 0.0331 e. The quantitative estimate of drug-likeness (QED) is 0.725. The molecule has 0 radical (unpaired) electrons. The van der Waals surface area contributed by atoms with Crippen LogP contribution >= 0.6 is 11.8 Å². The van der Waals surface area contributed by atoms with Crippen LogP contribution in [0.1, 0.15) is 24.4 Å². The van der Waals surface area contributed by atoms with Gasteiger partial charge in [-0.2, -0.15) is 0 Å². The van der Waals surface area contributed by atoms with Gasteiger partial charge in [0.25, 0.3) is 0 Å². The Hall–Kier alpha value is -0.470. The lowest BCUT2D eigenvalue weighted by atomic mass is 10.1. The summed E-state index contributed by atoms with van der Waals surface area (Å²) in [6.07, 6.45) is 4.75. The fourth-order valence-electron chi connectivity index (χ4n) is 1.90. The maximum atomic E-state index is 3.53. The Kier molecular flexibility index (Phi) is 2.91. The van der Waals surface area contributed by atoms with E-state index < -0.39 is 0 Å². The number of rotatable bonds is 2. The summed E-state index contributed by atoms with van der Waals surface area (Å²) in [6, 6.07) is 9.30. The third kappa shape index (κ3) is 1.89. The van der Waals surface area contributed by atoms with Gasteiger partial charge < -0.3 is 5.32 Å². The van der Waals surface area contributed by atoms with Crippen LogP contribution < -0.4 is 5.32 Å². The zero-order valence-electron chi connectivity index (χ0n) is 7.92. The van der Waals surface area contributed by atoms with E-state index in [1.165, 1.54) is 29.8 Å². The van der Waals surface area contributed by atoms with Crippen LogP contribution in [0, 0.1) is 0 Å². The zero-order chi connectivity index (χ0) is 9.10. The molecular formula is C11H15NS. The van der Waals surface area contributed by atoms with Crippen molar-refractivity contribution in [1.82, 2.24) is 5.32 Å². The van der Waals surface area contributed by atoms with Gasteiger partial charge in [0, 0.05) is 10.9 Å². The van der Waals surface area contributed by atoms with Crippen molar-refractivity contribution in [2.75, 3.05) is 12.8 Å². The molecule has 1 atom stereocenters. The largest absolute Gasteiger partial charge is 0.310 e. The molecular weight excluding hydrogens is 178 g/mol. The summed E-state index contributed by atoms with van der Waals surface area (Å²) in [5, 5.41) is 3.53. The molecule has 13 heavy (non-hydrogen) atoms. The average molecular weight is 193 g/mol. The SMILES string of the molecule is CSc1ccccc1[C@@H]1CCCN1. The zero-order valence-corrected chi connectivity index (χ0v) is 8.73. The predicted molar refractivity (Wildman–Crippen MR) is 58.2 cm³/mol. The highest BCUT2D eigenvalue weighted by Gasteiger charge is 2.17. The van der Waals surface area contributed by atoms with Gasteiger partial charge in [-0.25, -0.2) is 0 Å². The Morgan fingerprint density at radius 2 is 2.23 bits per heavy atom. The van der Waals surface area contributed by atoms with E-state index in [2.05, 4.69) is 35.8 Å². The summed E-state index contributed by atoms with van der Waals surface area (Å²) in [7, 11) is 0. The van der Waals surface area contributed by atoms with Gasteiger partial charge in [-0.15, -0.1) is 11.8 Å².